The van der Waals surface area contributed by atoms with Crippen molar-refractivity contribution < 1.29 is 23.8 Å². The van der Waals surface area contributed by atoms with Crippen LogP contribution < -0.4 is 11.1 Å². The predicted octanol–water partition coefficient (Wildman–Crippen LogP) is -0.424. The van der Waals surface area contributed by atoms with Crippen LogP contribution in [0.5, 0.6) is 0 Å². The molecule has 2 aliphatic rings. The fraction of sp³-hybridized carbons (Fsp3) is 0.857. The molecule has 2 saturated heterocycles. The van der Waals surface area contributed by atoms with Crippen LogP contribution in [0.4, 0.5) is 0 Å². The zero-order chi connectivity index (χ0) is 15.6. The maximum atomic E-state index is 12.0. The lowest BCUT2D eigenvalue weighted by atomic mass is 9.91. The van der Waals surface area contributed by atoms with Crippen LogP contribution in [0.3, 0.4) is 0 Å². The second kappa shape index (κ2) is 6.29. The second-order valence-electron chi connectivity index (χ2n) is 6.82. The van der Waals surface area contributed by atoms with Gasteiger partial charge in [0.2, 0.25) is 11.8 Å². The van der Waals surface area contributed by atoms with Gasteiger partial charge in [0.05, 0.1) is 19.3 Å². The molecule has 120 valence electrons. The van der Waals surface area contributed by atoms with E-state index in [-0.39, 0.29) is 42.3 Å². The zero-order valence-corrected chi connectivity index (χ0v) is 12.8. The molecule has 2 rings (SSSR count). The highest BCUT2D eigenvalue weighted by atomic mass is 16.6. The topological polar surface area (TPSA) is 99.9 Å². The summed E-state index contributed by atoms with van der Waals surface area (Å²) < 4.78 is 16.7. The van der Waals surface area contributed by atoms with Gasteiger partial charge in [-0.2, -0.15) is 0 Å². The lowest BCUT2D eigenvalue weighted by Crippen LogP contribution is -2.45. The molecule has 2 aliphatic heterocycles. The molecule has 0 aliphatic carbocycles. The minimum absolute atomic E-state index is 0.0122. The van der Waals surface area contributed by atoms with Crippen LogP contribution in [0, 0.1) is 5.41 Å². The Balaban J connectivity index is 1.84. The Bertz CT molecular complexity index is 407. The van der Waals surface area contributed by atoms with Crippen molar-refractivity contribution in [1.82, 2.24) is 5.32 Å². The molecule has 4 atom stereocenters. The number of primary amides is 1. The SMILES string of the molecule is CC(C)(C)CC(=O)NC1COC2C(OCC(N)=O)COC12. The Morgan fingerprint density at radius 3 is 2.52 bits per heavy atom. The monoisotopic (exact) mass is 300 g/mol. The molecule has 0 aromatic heterocycles. The van der Waals surface area contributed by atoms with Gasteiger partial charge in [0.15, 0.2) is 0 Å². The summed E-state index contributed by atoms with van der Waals surface area (Å²) in [6.07, 6.45) is -0.356. The number of carbonyl (C=O) groups is 2. The van der Waals surface area contributed by atoms with Gasteiger partial charge in [-0.25, -0.2) is 0 Å². The van der Waals surface area contributed by atoms with E-state index < -0.39 is 5.91 Å². The predicted molar refractivity (Wildman–Crippen MR) is 74.4 cm³/mol. The van der Waals surface area contributed by atoms with E-state index in [0.717, 1.165) is 0 Å². The van der Waals surface area contributed by atoms with Gasteiger partial charge >= 0.3 is 0 Å². The van der Waals surface area contributed by atoms with Crippen molar-refractivity contribution in [3.63, 3.8) is 0 Å². The van der Waals surface area contributed by atoms with Crippen LogP contribution in [0.2, 0.25) is 0 Å². The molecule has 0 bridgehead atoms. The molecular weight excluding hydrogens is 276 g/mol. The zero-order valence-electron chi connectivity index (χ0n) is 12.8. The molecule has 7 heteroatoms. The summed E-state index contributed by atoms with van der Waals surface area (Å²) in [5.74, 6) is -0.534. The molecule has 3 N–H and O–H groups in total. The van der Waals surface area contributed by atoms with Crippen molar-refractivity contribution in [2.75, 3.05) is 19.8 Å². The van der Waals surface area contributed by atoms with Gasteiger partial charge in [0.1, 0.15) is 24.9 Å². The number of ether oxygens (including phenoxy) is 3. The van der Waals surface area contributed by atoms with Crippen LogP contribution in [0.15, 0.2) is 0 Å². The molecule has 0 aromatic rings. The van der Waals surface area contributed by atoms with Gasteiger partial charge in [-0.1, -0.05) is 20.8 Å². The van der Waals surface area contributed by atoms with Crippen molar-refractivity contribution in [2.24, 2.45) is 11.1 Å². The summed E-state index contributed by atoms with van der Waals surface area (Å²) >= 11 is 0. The summed E-state index contributed by atoms with van der Waals surface area (Å²) in [4.78, 5) is 22.7. The average Bonchev–Trinajstić information content (AvgIpc) is 2.87. The van der Waals surface area contributed by atoms with Crippen LogP contribution in [-0.4, -0.2) is 56.0 Å². The first-order valence-electron chi connectivity index (χ1n) is 7.19. The third-order valence-electron chi connectivity index (χ3n) is 3.48. The third-order valence-corrected chi connectivity index (χ3v) is 3.48. The molecule has 0 saturated carbocycles. The van der Waals surface area contributed by atoms with Crippen molar-refractivity contribution in [3.8, 4) is 0 Å². The Kier molecular flexibility index (Phi) is 4.85. The van der Waals surface area contributed by atoms with Crippen molar-refractivity contribution >= 4 is 11.8 Å². The van der Waals surface area contributed by atoms with Gasteiger partial charge in [-0.05, 0) is 5.41 Å². The van der Waals surface area contributed by atoms with Crippen LogP contribution in [-0.2, 0) is 23.8 Å². The number of rotatable bonds is 5. The first kappa shape index (κ1) is 16.2. The minimum atomic E-state index is -0.522. The number of nitrogens with one attached hydrogen (secondary N) is 1. The third kappa shape index (κ3) is 4.39. The highest BCUT2D eigenvalue weighted by molar-refractivity contribution is 5.77. The van der Waals surface area contributed by atoms with Gasteiger partial charge in [-0.3, -0.25) is 9.59 Å². The summed E-state index contributed by atoms with van der Waals surface area (Å²) in [6, 6.07) is -0.174. The number of amides is 2. The summed E-state index contributed by atoms with van der Waals surface area (Å²) in [7, 11) is 0. The fourth-order valence-electron chi connectivity index (χ4n) is 2.66. The first-order valence-corrected chi connectivity index (χ1v) is 7.19. The lowest BCUT2D eigenvalue weighted by Gasteiger charge is -2.21. The quantitative estimate of drug-likeness (QED) is 0.718. The van der Waals surface area contributed by atoms with E-state index >= 15 is 0 Å². The molecule has 2 heterocycles. The maximum absolute atomic E-state index is 12.0. The number of hydrogen-bond donors (Lipinski definition) is 2. The molecular formula is C14H24N2O5. The molecule has 2 amide bonds. The maximum Gasteiger partial charge on any atom is 0.243 e. The van der Waals surface area contributed by atoms with E-state index in [1.54, 1.807) is 0 Å². The van der Waals surface area contributed by atoms with E-state index in [2.05, 4.69) is 5.32 Å². The summed E-state index contributed by atoms with van der Waals surface area (Å²) in [6.45, 7) is 6.62. The van der Waals surface area contributed by atoms with Crippen LogP contribution in [0.25, 0.3) is 0 Å². The Morgan fingerprint density at radius 1 is 1.24 bits per heavy atom. The molecule has 4 unspecified atom stereocenters. The fourth-order valence-corrected chi connectivity index (χ4v) is 2.66. The smallest absolute Gasteiger partial charge is 0.243 e. The Labute approximate surface area is 124 Å². The van der Waals surface area contributed by atoms with Gasteiger partial charge in [0.25, 0.3) is 0 Å². The van der Waals surface area contributed by atoms with Crippen molar-refractivity contribution in [3.05, 3.63) is 0 Å². The number of hydrogen-bond acceptors (Lipinski definition) is 5. The van der Waals surface area contributed by atoms with Gasteiger partial charge in [0, 0.05) is 6.42 Å². The van der Waals surface area contributed by atoms with Crippen molar-refractivity contribution in [1.29, 1.82) is 0 Å². The Morgan fingerprint density at radius 2 is 1.90 bits per heavy atom. The summed E-state index contributed by atoms with van der Waals surface area (Å²) in [5.41, 5.74) is 4.99. The first-order chi connectivity index (χ1) is 9.76. The second-order valence-corrected chi connectivity index (χ2v) is 6.82. The normalized spacial score (nSPS) is 32.0. The van der Waals surface area contributed by atoms with E-state index in [1.807, 2.05) is 20.8 Å². The molecule has 0 spiro atoms. The van der Waals surface area contributed by atoms with E-state index in [1.165, 1.54) is 0 Å². The molecule has 2 fully saturated rings. The molecule has 7 nitrogen and oxygen atoms in total. The Hall–Kier alpha value is -1.18. The number of fused-ring (bicyclic) bond motifs is 1. The highest BCUT2D eigenvalue weighted by Gasteiger charge is 2.48. The largest absolute Gasteiger partial charge is 0.370 e. The molecule has 0 aromatic carbocycles. The van der Waals surface area contributed by atoms with Gasteiger partial charge < -0.3 is 25.3 Å². The summed E-state index contributed by atoms with van der Waals surface area (Å²) in [5, 5.41) is 2.96. The minimum Gasteiger partial charge on any atom is -0.370 e. The average molecular weight is 300 g/mol. The van der Waals surface area contributed by atoms with Crippen LogP contribution >= 0.6 is 0 Å². The standard InChI is InChI=1S/C14H24N2O5/c1-14(2,3)4-11(18)16-8-5-20-13-9(6-21-12(8)13)19-7-10(15)17/h8-9,12-13H,4-7H2,1-3H3,(H2,15,17)(H,16,18). The molecule has 0 radical (unpaired) electrons. The van der Waals surface area contributed by atoms with Gasteiger partial charge in [-0.15, -0.1) is 0 Å². The molecule has 21 heavy (non-hydrogen) atoms. The van der Waals surface area contributed by atoms with Crippen LogP contribution in [0.1, 0.15) is 27.2 Å². The number of carbonyl (C=O) groups excluding carboxylic acids is 2. The van der Waals surface area contributed by atoms with Crippen molar-refractivity contribution in [2.45, 2.75) is 51.5 Å². The van der Waals surface area contributed by atoms with E-state index in [0.29, 0.717) is 19.6 Å². The van der Waals surface area contributed by atoms with E-state index in [4.69, 9.17) is 19.9 Å². The number of nitrogens with two attached hydrogens (primary N) is 1. The highest BCUT2D eigenvalue weighted by Crippen LogP contribution is 2.29. The lowest BCUT2D eigenvalue weighted by molar-refractivity contribution is -0.127. The van der Waals surface area contributed by atoms with E-state index in [9.17, 15) is 9.59 Å².